The van der Waals surface area contributed by atoms with Crippen molar-refractivity contribution in [3.8, 4) is 0 Å². The second kappa shape index (κ2) is 6.85. The Hall–Kier alpha value is -2.40. The first-order chi connectivity index (χ1) is 10.1. The largest absolute Gasteiger partial charge is 0.391 e. The van der Waals surface area contributed by atoms with Gasteiger partial charge in [-0.2, -0.15) is 0 Å². The minimum absolute atomic E-state index is 0.0382. The molecule has 1 heterocycles. The van der Waals surface area contributed by atoms with Crippen molar-refractivity contribution >= 4 is 5.91 Å². The van der Waals surface area contributed by atoms with Crippen molar-refractivity contribution in [2.45, 2.75) is 25.5 Å². The molecule has 0 aliphatic heterocycles. The number of carbonyl (C=O) groups excluding carboxylic acids is 1. The highest BCUT2D eigenvalue weighted by molar-refractivity contribution is 5.93. The van der Waals surface area contributed by atoms with Crippen LogP contribution in [-0.2, 0) is 6.42 Å². The van der Waals surface area contributed by atoms with E-state index in [1.807, 2.05) is 30.3 Å². The van der Waals surface area contributed by atoms with Gasteiger partial charge in [-0.25, -0.2) is 0 Å². The van der Waals surface area contributed by atoms with Crippen LogP contribution in [-0.4, -0.2) is 28.1 Å². The van der Waals surface area contributed by atoms with Gasteiger partial charge in [-0.05, 0) is 24.6 Å². The summed E-state index contributed by atoms with van der Waals surface area (Å²) in [7, 11) is 0. The smallest absolute Gasteiger partial charge is 0.260 e. The molecule has 0 saturated heterocycles. The Morgan fingerprint density at radius 1 is 1.24 bits per heavy atom. The van der Waals surface area contributed by atoms with Gasteiger partial charge in [0, 0.05) is 12.6 Å². The number of hydrogen-bond donors (Lipinski definition) is 3. The summed E-state index contributed by atoms with van der Waals surface area (Å²) in [5.41, 5.74) is 0.583. The molecule has 1 amide bonds. The van der Waals surface area contributed by atoms with Gasteiger partial charge in [-0.15, -0.1) is 0 Å². The lowest BCUT2D eigenvalue weighted by Crippen LogP contribution is -2.43. The van der Waals surface area contributed by atoms with Crippen molar-refractivity contribution in [1.82, 2.24) is 10.3 Å². The van der Waals surface area contributed by atoms with Crippen molar-refractivity contribution in [2.75, 3.05) is 0 Å². The number of aromatic amines is 1. The normalized spacial score (nSPS) is 13.4. The van der Waals surface area contributed by atoms with E-state index in [9.17, 15) is 14.7 Å². The zero-order valence-corrected chi connectivity index (χ0v) is 11.7. The molecular formula is C16H18N2O3. The zero-order chi connectivity index (χ0) is 15.2. The second-order valence-corrected chi connectivity index (χ2v) is 4.93. The number of benzene rings is 1. The molecule has 2 aromatic rings. The van der Waals surface area contributed by atoms with E-state index in [1.165, 1.54) is 12.3 Å². The molecule has 2 unspecified atom stereocenters. The van der Waals surface area contributed by atoms with E-state index >= 15 is 0 Å². The summed E-state index contributed by atoms with van der Waals surface area (Å²) in [5, 5.41) is 12.8. The van der Waals surface area contributed by atoms with E-state index in [0.717, 1.165) is 5.56 Å². The van der Waals surface area contributed by atoms with Gasteiger partial charge in [0.25, 0.3) is 11.5 Å². The summed E-state index contributed by atoms with van der Waals surface area (Å²) in [4.78, 5) is 26.0. The molecule has 0 radical (unpaired) electrons. The molecule has 21 heavy (non-hydrogen) atoms. The zero-order valence-electron chi connectivity index (χ0n) is 11.7. The Labute approximate surface area is 122 Å². The third-order valence-electron chi connectivity index (χ3n) is 3.29. The van der Waals surface area contributed by atoms with Crippen molar-refractivity contribution < 1.29 is 9.90 Å². The third kappa shape index (κ3) is 4.03. The van der Waals surface area contributed by atoms with Gasteiger partial charge in [0.2, 0.25) is 0 Å². The van der Waals surface area contributed by atoms with Crippen LogP contribution in [0.3, 0.4) is 0 Å². The van der Waals surface area contributed by atoms with Crippen molar-refractivity contribution in [3.05, 3.63) is 70.1 Å². The van der Waals surface area contributed by atoms with Gasteiger partial charge in [0.05, 0.1) is 12.1 Å². The van der Waals surface area contributed by atoms with Crippen LogP contribution >= 0.6 is 0 Å². The SMILES string of the molecule is CC(NC(=O)c1ccc[nH]c1=O)C(O)Cc1ccccc1. The summed E-state index contributed by atoms with van der Waals surface area (Å²) >= 11 is 0. The van der Waals surface area contributed by atoms with Gasteiger partial charge in [-0.3, -0.25) is 9.59 Å². The first-order valence-electron chi connectivity index (χ1n) is 6.78. The van der Waals surface area contributed by atoms with Crippen LogP contribution in [0.25, 0.3) is 0 Å². The fourth-order valence-electron chi connectivity index (χ4n) is 2.01. The lowest BCUT2D eigenvalue weighted by atomic mass is 10.0. The third-order valence-corrected chi connectivity index (χ3v) is 3.29. The monoisotopic (exact) mass is 286 g/mol. The van der Waals surface area contributed by atoms with E-state index in [2.05, 4.69) is 10.3 Å². The number of aliphatic hydroxyl groups is 1. The Morgan fingerprint density at radius 2 is 1.95 bits per heavy atom. The van der Waals surface area contributed by atoms with Crippen LogP contribution in [0, 0.1) is 0 Å². The Bertz CT molecular complexity index is 652. The fourth-order valence-corrected chi connectivity index (χ4v) is 2.01. The lowest BCUT2D eigenvalue weighted by Gasteiger charge is -2.20. The predicted octanol–water partition coefficient (Wildman–Crippen LogP) is 1.10. The molecule has 1 aromatic heterocycles. The van der Waals surface area contributed by atoms with E-state index in [4.69, 9.17) is 0 Å². The molecule has 3 N–H and O–H groups in total. The van der Waals surface area contributed by atoms with Crippen molar-refractivity contribution in [1.29, 1.82) is 0 Å². The highest BCUT2D eigenvalue weighted by Crippen LogP contribution is 2.06. The lowest BCUT2D eigenvalue weighted by molar-refractivity contribution is 0.0850. The number of nitrogens with one attached hydrogen (secondary N) is 2. The van der Waals surface area contributed by atoms with Crippen LogP contribution in [0.15, 0.2) is 53.5 Å². The first-order valence-corrected chi connectivity index (χ1v) is 6.78. The van der Waals surface area contributed by atoms with Gasteiger partial charge in [-0.1, -0.05) is 30.3 Å². The summed E-state index contributed by atoms with van der Waals surface area (Å²) in [5.74, 6) is -0.489. The number of carbonyl (C=O) groups is 1. The average Bonchev–Trinajstić information content (AvgIpc) is 2.48. The van der Waals surface area contributed by atoms with Crippen LogP contribution < -0.4 is 10.9 Å². The molecule has 0 aliphatic carbocycles. The molecule has 110 valence electrons. The van der Waals surface area contributed by atoms with E-state index in [1.54, 1.807) is 13.0 Å². The molecule has 2 rings (SSSR count). The van der Waals surface area contributed by atoms with E-state index in [0.29, 0.717) is 6.42 Å². The van der Waals surface area contributed by atoms with E-state index in [-0.39, 0.29) is 5.56 Å². The molecule has 5 heteroatoms. The topological polar surface area (TPSA) is 82.2 Å². The number of aliphatic hydroxyl groups excluding tert-OH is 1. The number of amides is 1. The van der Waals surface area contributed by atoms with Gasteiger partial charge < -0.3 is 15.4 Å². The van der Waals surface area contributed by atoms with Crippen LogP contribution in [0.1, 0.15) is 22.8 Å². The number of hydrogen-bond acceptors (Lipinski definition) is 3. The second-order valence-electron chi connectivity index (χ2n) is 4.93. The number of rotatable bonds is 5. The summed E-state index contributed by atoms with van der Waals surface area (Å²) < 4.78 is 0. The number of H-pyrrole nitrogens is 1. The molecule has 2 atom stereocenters. The molecule has 0 aliphatic rings. The average molecular weight is 286 g/mol. The Balaban J connectivity index is 1.98. The molecule has 0 bridgehead atoms. The fraction of sp³-hybridized carbons (Fsp3) is 0.250. The van der Waals surface area contributed by atoms with Crippen molar-refractivity contribution in [2.24, 2.45) is 0 Å². The molecule has 0 saturated carbocycles. The highest BCUT2D eigenvalue weighted by atomic mass is 16.3. The standard InChI is InChI=1S/C16H18N2O3/c1-11(14(19)10-12-6-3-2-4-7-12)18-16(21)13-8-5-9-17-15(13)20/h2-9,11,14,19H,10H2,1H3,(H,17,20)(H,18,21). The predicted molar refractivity (Wildman–Crippen MR) is 80.1 cm³/mol. The van der Waals surface area contributed by atoms with Crippen molar-refractivity contribution in [3.63, 3.8) is 0 Å². The summed E-state index contributed by atoms with van der Waals surface area (Å²) in [6, 6.07) is 12.1. The molecule has 1 aromatic carbocycles. The molecule has 5 nitrogen and oxygen atoms in total. The molecule has 0 fully saturated rings. The van der Waals surface area contributed by atoms with Crippen LogP contribution in [0.2, 0.25) is 0 Å². The Kier molecular flexibility index (Phi) is 4.90. The maximum Gasteiger partial charge on any atom is 0.260 e. The minimum Gasteiger partial charge on any atom is -0.391 e. The first kappa shape index (κ1) is 15.0. The Morgan fingerprint density at radius 3 is 2.62 bits per heavy atom. The summed E-state index contributed by atoms with van der Waals surface area (Å²) in [6.07, 6.45) is 1.18. The highest BCUT2D eigenvalue weighted by Gasteiger charge is 2.19. The maximum absolute atomic E-state index is 12.0. The number of aromatic nitrogens is 1. The number of pyridine rings is 1. The van der Waals surface area contributed by atoms with Crippen LogP contribution in [0.5, 0.6) is 0 Å². The maximum atomic E-state index is 12.0. The summed E-state index contributed by atoms with van der Waals surface area (Å²) in [6.45, 7) is 1.71. The van der Waals surface area contributed by atoms with Gasteiger partial charge >= 0.3 is 0 Å². The molecular weight excluding hydrogens is 268 g/mol. The van der Waals surface area contributed by atoms with E-state index < -0.39 is 23.6 Å². The minimum atomic E-state index is -0.723. The van der Waals surface area contributed by atoms with Crippen LogP contribution in [0.4, 0.5) is 0 Å². The van der Waals surface area contributed by atoms with Gasteiger partial charge in [0.15, 0.2) is 0 Å². The van der Waals surface area contributed by atoms with Gasteiger partial charge in [0.1, 0.15) is 5.56 Å². The molecule has 0 spiro atoms. The quantitative estimate of drug-likeness (QED) is 0.769.